The van der Waals surface area contributed by atoms with E-state index in [9.17, 15) is 9.90 Å². The van der Waals surface area contributed by atoms with E-state index in [1.807, 2.05) is 0 Å². The molecule has 1 fully saturated rings. The summed E-state index contributed by atoms with van der Waals surface area (Å²) in [7, 11) is 0. The van der Waals surface area contributed by atoms with Crippen molar-refractivity contribution in [1.29, 1.82) is 0 Å². The molecule has 1 atom stereocenters. The molecule has 11 heteroatoms. The number of aromatic nitrogens is 5. The number of nitrogen functional groups attached to an aromatic ring is 1. The van der Waals surface area contributed by atoms with Gasteiger partial charge in [0.05, 0.1) is 18.7 Å². The zero-order chi connectivity index (χ0) is 24.6. The quantitative estimate of drug-likeness (QED) is 0.422. The highest BCUT2D eigenvalue weighted by Gasteiger charge is 2.26. The summed E-state index contributed by atoms with van der Waals surface area (Å²) in [6, 6.07) is 8.64. The number of anilines is 1. The Morgan fingerprint density at radius 2 is 2.03 bits per heavy atom. The Balaban J connectivity index is 1.59. The summed E-state index contributed by atoms with van der Waals surface area (Å²) < 4.78 is 12.0. The van der Waals surface area contributed by atoms with Gasteiger partial charge in [0.2, 0.25) is 5.95 Å². The summed E-state index contributed by atoms with van der Waals surface area (Å²) in [4.78, 5) is 23.2. The number of ether oxygens (including phenoxy) is 1. The molecule has 0 spiro atoms. The van der Waals surface area contributed by atoms with Crippen LogP contribution in [0.4, 0.5) is 5.95 Å². The molecule has 11 nitrogen and oxygen atoms in total. The van der Waals surface area contributed by atoms with Crippen LogP contribution < -0.4 is 5.73 Å². The average Bonchev–Trinajstić information content (AvgIpc) is 3.47. The summed E-state index contributed by atoms with van der Waals surface area (Å²) in [5.74, 6) is 6.71. The van der Waals surface area contributed by atoms with Crippen LogP contribution in [0.3, 0.4) is 0 Å². The SMILES string of the molecule is Cc1cc([C@@](C)(O)C#Cc2ccc3c(C(=O)N4CCOCC4)nn(-c4ccnc(N)n4)c3c2)no1. The van der Waals surface area contributed by atoms with Crippen molar-refractivity contribution in [2.75, 3.05) is 32.0 Å². The van der Waals surface area contributed by atoms with Crippen LogP contribution in [0.2, 0.25) is 0 Å². The molecule has 0 radical (unpaired) electrons. The van der Waals surface area contributed by atoms with Gasteiger partial charge in [-0.2, -0.15) is 10.1 Å². The van der Waals surface area contributed by atoms with Gasteiger partial charge in [0, 0.05) is 42.4 Å². The minimum atomic E-state index is -1.51. The number of carbonyl (C=O) groups excluding carboxylic acids is 1. The number of hydrogen-bond donors (Lipinski definition) is 2. The minimum absolute atomic E-state index is 0.0853. The highest BCUT2D eigenvalue weighted by atomic mass is 16.5. The summed E-state index contributed by atoms with van der Waals surface area (Å²) in [6.07, 6.45) is 1.52. The van der Waals surface area contributed by atoms with Crippen molar-refractivity contribution < 1.29 is 19.2 Å². The molecule has 3 N–H and O–H groups in total. The second-order valence-corrected chi connectivity index (χ2v) is 8.31. The number of carbonyl (C=O) groups is 1. The van der Waals surface area contributed by atoms with E-state index in [4.69, 9.17) is 15.0 Å². The average molecular weight is 473 g/mol. The molecule has 3 aromatic heterocycles. The molecule has 1 aliphatic heterocycles. The first-order chi connectivity index (χ1) is 16.8. The van der Waals surface area contributed by atoms with E-state index in [1.54, 1.807) is 53.8 Å². The summed E-state index contributed by atoms with van der Waals surface area (Å²) in [6.45, 7) is 5.24. The largest absolute Gasteiger partial charge is 0.378 e. The molecule has 1 saturated heterocycles. The first-order valence-corrected chi connectivity index (χ1v) is 11.0. The maximum Gasteiger partial charge on any atom is 0.275 e. The lowest BCUT2D eigenvalue weighted by Crippen LogP contribution is -2.41. The second-order valence-electron chi connectivity index (χ2n) is 8.31. The van der Waals surface area contributed by atoms with E-state index < -0.39 is 5.60 Å². The maximum absolute atomic E-state index is 13.3. The zero-order valence-electron chi connectivity index (χ0n) is 19.2. The van der Waals surface area contributed by atoms with Crippen LogP contribution in [0.15, 0.2) is 41.1 Å². The van der Waals surface area contributed by atoms with Gasteiger partial charge < -0.3 is 25.0 Å². The fraction of sp³-hybridized carbons (Fsp3) is 0.292. The number of fused-ring (bicyclic) bond motifs is 1. The molecule has 0 bridgehead atoms. The molecule has 0 aliphatic carbocycles. The van der Waals surface area contributed by atoms with Gasteiger partial charge in [-0.1, -0.05) is 17.0 Å². The van der Waals surface area contributed by atoms with Gasteiger partial charge in [-0.15, -0.1) is 0 Å². The molecular formula is C24H23N7O4. The van der Waals surface area contributed by atoms with Gasteiger partial charge in [-0.25, -0.2) is 9.67 Å². The molecule has 4 aromatic rings. The summed E-state index contributed by atoms with van der Waals surface area (Å²) in [5.41, 5.74) is 6.12. The fourth-order valence-corrected chi connectivity index (χ4v) is 3.78. The van der Waals surface area contributed by atoms with Crippen LogP contribution in [0.25, 0.3) is 16.7 Å². The van der Waals surface area contributed by atoms with E-state index in [0.717, 1.165) is 0 Å². The Labute approximate surface area is 200 Å². The standard InChI is InChI=1S/C24H23N7O4/c1-15-13-19(29-35-15)24(2,33)7-5-16-3-4-17-18(14-16)31(20-6-8-26-23(25)27-20)28-21(17)22(32)30-9-11-34-12-10-30/h3-4,6,8,13-14,33H,9-12H2,1-2H3,(H2,25,26,27)/t24-/m0/s1. The van der Waals surface area contributed by atoms with Gasteiger partial charge in [-0.05, 0) is 32.0 Å². The molecular weight excluding hydrogens is 450 g/mol. The van der Waals surface area contributed by atoms with Crippen molar-refractivity contribution in [3.05, 3.63) is 59.2 Å². The number of hydrogen-bond acceptors (Lipinski definition) is 9. The van der Waals surface area contributed by atoms with Crippen LogP contribution in [-0.4, -0.2) is 67.1 Å². The third-order valence-corrected chi connectivity index (χ3v) is 5.64. The van der Waals surface area contributed by atoms with Crippen molar-refractivity contribution in [1.82, 2.24) is 29.8 Å². The van der Waals surface area contributed by atoms with Crippen LogP contribution in [-0.2, 0) is 10.3 Å². The second kappa shape index (κ2) is 8.83. The third kappa shape index (κ3) is 4.44. The van der Waals surface area contributed by atoms with Gasteiger partial charge in [0.1, 0.15) is 11.5 Å². The van der Waals surface area contributed by atoms with Gasteiger partial charge in [0.25, 0.3) is 5.91 Å². The van der Waals surface area contributed by atoms with E-state index in [-0.39, 0.29) is 11.9 Å². The number of nitrogens with two attached hydrogens (primary N) is 1. The van der Waals surface area contributed by atoms with Crippen LogP contribution >= 0.6 is 0 Å². The van der Waals surface area contributed by atoms with Crippen LogP contribution in [0, 0.1) is 18.8 Å². The first kappa shape index (κ1) is 22.5. The lowest BCUT2D eigenvalue weighted by molar-refractivity contribution is 0.0300. The van der Waals surface area contributed by atoms with Gasteiger partial charge in [0.15, 0.2) is 17.1 Å². The van der Waals surface area contributed by atoms with E-state index in [1.165, 1.54) is 6.20 Å². The number of rotatable bonds is 3. The monoisotopic (exact) mass is 473 g/mol. The summed E-state index contributed by atoms with van der Waals surface area (Å²) in [5, 5.41) is 19.8. The number of benzene rings is 1. The van der Waals surface area contributed by atoms with Crippen LogP contribution in [0.5, 0.6) is 0 Å². The molecule has 4 heterocycles. The molecule has 178 valence electrons. The van der Waals surface area contributed by atoms with Gasteiger partial charge in [-0.3, -0.25) is 4.79 Å². The number of nitrogens with zero attached hydrogens (tertiary/aromatic N) is 6. The van der Waals surface area contributed by atoms with E-state index >= 15 is 0 Å². The zero-order valence-corrected chi connectivity index (χ0v) is 19.2. The number of aryl methyl sites for hydroxylation is 1. The predicted molar refractivity (Wildman–Crippen MR) is 125 cm³/mol. The van der Waals surface area contributed by atoms with Crippen molar-refractivity contribution >= 4 is 22.8 Å². The number of amides is 1. The topological polar surface area (TPSA) is 145 Å². The minimum Gasteiger partial charge on any atom is -0.378 e. The smallest absolute Gasteiger partial charge is 0.275 e. The molecule has 1 aromatic carbocycles. The molecule has 0 saturated carbocycles. The van der Waals surface area contributed by atoms with Crippen LogP contribution in [0.1, 0.15) is 34.4 Å². The maximum atomic E-state index is 13.3. The number of morpholine rings is 1. The normalized spacial score (nSPS) is 15.5. The van der Waals surface area contributed by atoms with Crippen molar-refractivity contribution in [2.24, 2.45) is 0 Å². The lowest BCUT2D eigenvalue weighted by Gasteiger charge is -2.26. The molecule has 1 aliphatic rings. The lowest BCUT2D eigenvalue weighted by atomic mass is 10.0. The highest BCUT2D eigenvalue weighted by molar-refractivity contribution is 6.05. The third-order valence-electron chi connectivity index (χ3n) is 5.64. The van der Waals surface area contributed by atoms with Gasteiger partial charge >= 0.3 is 0 Å². The fourth-order valence-electron chi connectivity index (χ4n) is 3.78. The van der Waals surface area contributed by atoms with Crippen molar-refractivity contribution in [3.8, 4) is 17.7 Å². The molecule has 5 rings (SSSR count). The van der Waals surface area contributed by atoms with E-state index in [0.29, 0.717) is 65.7 Å². The molecule has 35 heavy (non-hydrogen) atoms. The molecule has 0 unspecified atom stereocenters. The Hall–Kier alpha value is -4.27. The highest BCUT2D eigenvalue weighted by Crippen LogP contribution is 2.25. The van der Waals surface area contributed by atoms with Crippen molar-refractivity contribution in [2.45, 2.75) is 19.4 Å². The Morgan fingerprint density at radius 1 is 1.23 bits per heavy atom. The predicted octanol–water partition coefficient (Wildman–Crippen LogP) is 1.43. The van der Waals surface area contributed by atoms with E-state index in [2.05, 4.69) is 32.1 Å². The Kier molecular flexibility index (Phi) is 5.68. The Bertz CT molecular complexity index is 1470. The number of aliphatic hydroxyl groups is 1. The Morgan fingerprint density at radius 3 is 2.74 bits per heavy atom. The van der Waals surface area contributed by atoms with Crippen molar-refractivity contribution in [3.63, 3.8) is 0 Å². The first-order valence-electron chi connectivity index (χ1n) is 11.0. The summed E-state index contributed by atoms with van der Waals surface area (Å²) >= 11 is 0. The molecule has 1 amide bonds.